The van der Waals surface area contributed by atoms with Crippen LogP contribution >= 0.6 is 15.9 Å². The van der Waals surface area contributed by atoms with E-state index in [4.69, 9.17) is 9.15 Å². The summed E-state index contributed by atoms with van der Waals surface area (Å²) in [5, 5.41) is 10.4. The van der Waals surface area contributed by atoms with Gasteiger partial charge in [0.15, 0.2) is 11.5 Å². The van der Waals surface area contributed by atoms with Crippen LogP contribution in [0.15, 0.2) is 34.7 Å². The standard InChI is InChI=1S/C15H16BrNO6S/c1-9(18)22-15-12(19)13(10-5-3-2-4-6-10)23-14(15)11(16)7-8-17-24(20)21/h2-6,11,17,19H,7-8H2,1H3,(H,20,21)/p-1. The molecule has 0 amide bonds. The third kappa shape index (κ3) is 4.67. The summed E-state index contributed by atoms with van der Waals surface area (Å²) in [6.45, 7) is 1.36. The average Bonchev–Trinajstić information content (AvgIpc) is 2.84. The van der Waals surface area contributed by atoms with E-state index in [2.05, 4.69) is 20.7 Å². The highest BCUT2D eigenvalue weighted by Gasteiger charge is 2.28. The number of halogens is 1. The van der Waals surface area contributed by atoms with Crippen molar-refractivity contribution in [2.75, 3.05) is 6.54 Å². The second-order valence-corrected chi connectivity index (χ2v) is 6.68. The molecule has 1 aromatic heterocycles. The molecule has 0 saturated heterocycles. The van der Waals surface area contributed by atoms with E-state index in [1.165, 1.54) is 6.92 Å². The number of hydrogen-bond acceptors (Lipinski definition) is 6. The van der Waals surface area contributed by atoms with Gasteiger partial charge < -0.3 is 18.8 Å². The Labute approximate surface area is 149 Å². The van der Waals surface area contributed by atoms with Crippen molar-refractivity contribution < 1.29 is 27.8 Å². The molecule has 2 atom stereocenters. The SMILES string of the molecule is CC(=O)Oc1c(C(Br)CCNS(=O)[O-])oc(-c2ccccc2)c1O. The molecule has 1 aromatic carbocycles. The zero-order chi connectivity index (χ0) is 17.7. The van der Waals surface area contributed by atoms with Crippen molar-refractivity contribution >= 4 is 33.2 Å². The highest BCUT2D eigenvalue weighted by molar-refractivity contribution is 9.09. The molecule has 0 spiro atoms. The zero-order valence-electron chi connectivity index (χ0n) is 12.7. The zero-order valence-corrected chi connectivity index (χ0v) is 15.1. The number of hydrogen-bond donors (Lipinski definition) is 2. The average molecular weight is 417 g/mol. The quantitative estimate of drug-likeness (QED) is 0.407. The van der Waals surface area contributed by atoms with Crippen LogP contribution in [0.5, 0.6) is 11.5 Å². The molecular weight excluding hydrogens is 402 g/mol. The fraction of sp³-hybridized carbons (Fsp3) is 0.267. The molecule has 0 fully saturated rings. The summed E-state index contributed by atoms with van der Waals surface area (Å²) in [7, 11) is 0. The highest BCUT2D eigenvalue weighted by Crippen LogP contribution is 2.47. The third-order valence-electron chi connectivity index (χ3n) is 3.05. The van der Waals surface area contributed by atoms with Crippen LogP contribution in [-0.4, -0.2) is 26.4 Å². The first kappa shape index (κ1) is 18.7. The lowest BCUT2D eigenvalue weighted by Gasteiger charge is -2.11. The lowest BCUT2D eigenvalue weighted by atomic mass is 10.1. The van der Waals surface area contributed by atoms with Crippen LogP contribution in [-0.2, 0) is 16.1 Å². The van der Waals surface area contributed by atoms with E-state index >= 15 is 0 Å². The van der Waals surface area contributed by atoms with Crippen LogP contribution in [0.1, 0.15) is 23.9 Å². The normalized spacial score (nSPS) is 13.5. The van der Waals surface area contributed by atoms with Gasteiger partial charge in [0.1, 0.15) is 0 Å². The largest absolute Gasteiger partial charge is 0.760 e. The number of ether oxygens (including phenoxy) is 1. The number of furan rings is 1. The van der Waals surface area contributed by atoms with Crippen molar-refractivity contribution in [2.45, 2.75) is 18.2 Å². The maximum atomic E-state index is 11.3. The number of carbonyl (C=O) groups excluding carboxylic acids is 1. The predicted molar refractivity (Wildman–Crippen MR) is 90.3 cm³/mol. The van der Waals surface area contributed by atoms with Gasteiger partial charge in [0.25, 0.3) is 0 Å². The van der Waals surface area contributed by atoms with Crippen LogP contribution in [0, 0.1) is 0 Å². The fourth-order valence-electron chi connectivity index (χ4n) is 2.06. The number of benzene rings is 1. The molecule has 2 aromatic rings. The minimum absolute atomic E-state index is 0.0773. The van der Waals surface area contributed by atoms with E-state index in [0.29, 0.717) is 12.0 Å². The van der Waals surface area contributed by atoms with Gasteiger partial charge in [-0.1, -0.05) is 46.3 Å². The molecule has 7 nitrogen and oxygen atoms in total. The van der Waals surface area contributed by atoms with Crippen molar-refractivity contribution in [3.8, 4) is 22.8 Å². The first-order valence-corrected chi connectivity index (χ1v) is 8.95. The summed E-state index contributed by atoms with van der Waals surface area (Å²) in [4.78, 5) is 10.8. The number of esters is 1. The van der Waals surface area contributed by atoms with Crippen LogP contribution in [0.4, 0.5) is 0 Å². The Kier molecular flexibility index (Phi) is 6.55. The third-order valence-corrected chi connectivity index (χ3v) is 4.36. The predicted octanol–water partition coefficient (Wildman–Crippen LogP) is 2.79. The molecule has 0 radical (unpaired) electrons. The van der Waals surface area contributed by atoms with Crippen molar-refractivity contribution in [3.05, 3.63) is 36.1 Å². The molecule has 2 rings (SSSR count). The first-order valence-electron chi connectivity index (χ1n) is 6.96. The van der Waals surface area contributed by atoms with Crippen LogP contribution in [0.3, 0.4) is 0 Å². The number of rotatable bonds is 7. The maximum absolute atomic E-state index is 11.3. The Balaban J connectivity index is 2.34. The van der Waals surface area contributed by atoms with Gasteiger partial charge in [0.2, 0.25) is 11.5 Å². The van der Waals surface area contributed by atoms with Gasteiger partial charge in [0, 0.05) is 30.3 Å². The van der Waals surface area contributed by atoms with E-state index in [9.17, 15) is 18.7 Å². The van der Waals surface area contributed by atoms with Crippen molar-refractivity contribution in [3.63, 3.8) is 0 Å². The van der Waals surface area contributed by atoms with E-state index in [1.807, 2.05) is 6.07 Å². The summed E-state index contributed by atoms with van der Waals surface area (Å²) in [6, 6.07) is 8.86. The minimum atomic E-state index is -2.37. The first-order chi connectivity index (χ1) is 11.4. The molecular formula is C15H15BrNO6S-. The van der Waals surface area contributed by atoms with E-state index in [1.54, 1.807) is 24.3 Å². The molecule has 2 N–H and O–H groups in total. The van der Waals surface area contributed by atoms with Crippen molar-refractivity contribution in [2.24, 2.45) is 0 Å². The van der Waals surface area contributed by atoms with Crippen molar-refractivity contribution in [1.29, 1.82) is 0 Å². The van der Waals surface area contributed by atoms with Gasteiger partial charge in [-0.05, 0) is 6.42 Å². The van der Waals surface area contributed by atoms with Gasteiger partial charge in [-0.3, -0.25) is 9.00 Å². The van der Waals surface area contributed by atoms with Gasteiger partial charge in [-0.2, -0.15) is 0 Å². The summed E-state index contributed by atoms with van der Waals surface area (Å²) in [5.41, 5.74) is 0.619. The van der Waals surface area contributed by atoms with Gasteiger partial charge in [-0.25, -0.2) is 4.72 Å². The smallest absolute Gasteiger partial charge is 0.308 e. The van der Waals surface area contributed by atoms with Crippen molar-refractivity contribution in [1.82, 2.24) is 4.72 Å². The Morgan fingerprint density at radius 2 is 2.12 bits per heavy atom. The topological polar surface area (TPSA) is 112 Å². The van der Waals surface area contributed by atoms with Gasteiger partial charge in [-0.15, -0.1) is 0 Å². The molecule has 0 saturated carbocycles. The van der Waals surface area contributed by atoms with E-state index in [0.717, 1.165) is 0 Å². The Bertz CT molecular complexity index is 733. The lowest BCUT2D eigenvalue weighted by Crippen LogP contribution is -2.18. The minimum Gasteiger partial charge on any atom is -0.760 e. The highest BCUT2D eigenvalue weighted by atomic mass is 79.9. The molecule has 0 bridgehead atoms. The van der Waals surface area contributed by atoms with Gasteiger partial charge in [0.05, 0.1) is 4.83 Å². The molecule has 1 heterocycles. The Morgan fingerprint density at radius 1 is 1.46 bits per heavy atom. The summed E-state index contributed by atoms with van der Waals surface area (Å²) in [5.74, 6) is -0.583. The number of aromatic hydroxyl groups is 1. The number of nitrogens with one attached hydrogen (secondary N) is 1. The second-order valence-electron chi connectivity index (χ2n) is 4.82. The number of carbonyl (C=O) groups is 1. The Morgan fingerprint density at radius 3 is 2.71 bits per heavy atom. The monoisotopic (exact) mass is 416 g/mol. The molecule has 0 aliphatic carbocycles. The molecule has 2 unspecified atom stereocenters. The van der Waals surface area contributed by atoms with Crippen LogP contribution < -0.4 is 9.46 Å². The maximum Gasteiger partial charge on any atom is 0.308 e. The lowest BCUT2D eigenvalue weighted by molar-refractivity contribution is -0.132. The molecule has 0 aliphatic heterocycles. The summed E-state index contributed by atoms with van der Waals surface area (Å²) >= 11 is 0.992. The summed E-state index contributed by atoms with van der Waals surface area (Å²) < 4.78 is 34.0. The molecule has 24 heavy (non-hydrogen) atoms. The molecule has 130 valence electrons. The second kappa shape index (κ2) is 8.43. The van der Waals surface area contributed by atoms with E-state index < -0.39 is 22.1 Å². The molecule has 0 aliphatic rings. The number of alkyl halides is 1. The van der Waals surface area contributed by atoms with Gasteiger partial charge >= 0.3 is 5.97 Å². The molecule has 9 heteroatoms. The Hall–Kier alpha value is -1.68. The summed E-state index contributed by atoms with van der Waals surface area (Å²) in [6.07, 6.45) is 0.323. The van der Waals surface area contributed by atoms with Crippen LogP contribution in [0.25, 0.3) is 11.3 Å². The van der Waals surface area contributed by atoms with Crippen LogP contribution in [0.2, 0.25) is 0 Å². The fourth-order valence-corrected chi connectivity index (χ4v) is 2.87. The van der Waals surface area contributed by atoms with E-state index in [-0.39, 0.29) is 29.6 Å².